The molecule has 0 bridgehead atoms. The first-order valence-electron chi connectivity index (χ1n) is 6.78. The summed E-state index contributed by atoms with van der Waals surface area (Å²) in [5.74, 6) is 0.902. The Kier molecular flexibility index (Phi) is 8.85. The van der Waals surface area contributed by atoms with E-state index in [1.165, 1.54) is 5.57 Å². The Morgan fingerprint density at radius 1 is 1.33 bits per heavy atom. The second-order valence-electron chi connectivity index (χ2n) is 4.65. The van der Waals surface area contributed by atoms with E-state index >= 15 is 0 Å². The van der Waals surface area contributed by atoms with Crippen LogP contribution in [0.3, 0.4) is 0 Å². The summed E-state index contributed by atoms with van der Waals surface area (Å²) in [6.45, 7) is 2.61. The van der Waals surface area contributed by atoms with E-state index < -0.39 is 0 Å². The van der Waals surface area contributed by atoms with Crippen LogP contribution < -0.4 is 10.6 Å². The van der Waals surface area contributed by atoms with Gasteiger partial charge in [-0.05, 0) is 37.2 Å². The molecule has 1 aromatic rings. The van der Waals surface area contributed by atoms with E-state index in [1.54, 1.807) is 11.8 Å². The number of nitrogens with one attached hydrogen (secondary N) is 2. The van der Waals surface area contributed by atoms with Crippen LogP contribution in [0.1, 0.15) is 12.8 Å². The maximum absolute atomic E-state index is 11.7. The molecule has 3 nitrogen and oxygen atoms in total. The van der Waals surface area contributed by atoms with Crippen LogP contribution in [-0.4, -0.2) is 31.3 Å². The van der Waals surface area contributed by atoms with Gasteiger partial charge in [0.25, 0.3) is 0 Å². The van der Waals surface area contributed by atoms with Crippen molar-refractivity contribution in [1.29, 1.82) is 0 Å². The first-order valence-corrected chi connectivity index (χ1v) is 8.14. The van der Waals surface area contributed by atoms with Gasteiger partial charge in [-0.15, -0.1) is 24.2 Å². The lowest BCUT2D eigenvalue weighted by molar-refractivity contribution is -0.120. The SMILES string of the molecule is Cl.O=C(CCSc1ccc(Cl)cc1)NCC1=CCNCC1. The van der Waals surface area contributed by atoms with Crippen molar-refractivity contribution in [2.75, 3.05) is 25.4 Å². The van der Waals surface area contributed by atoms with Crippen molar-refractivity contribution in [1.82, 2.24) is 10.6 Å². The fraction of sp³-hybridized carbons (Fsp3) is 0.400. The third-order valence-electron chi connectivity index (χ3n) is 3.08. The van der Waals surface area contributed by atoms with Gasteiger partial charge in [-0.25, -0.2) is 0 Å². The van der Waals surface area contributed by atoms with Crippen LogP contribution in [-0.2, 0) is 4.79 Å². The van der Waals surface area contributed by atoms with Gasteiger partial charge in [0.1, 0.15) is 0 Å². The third kappa shape index (κ3) is 7.23. The van der Waals surface area contributed by atoms with E-state index in [2.05, 4.69) is 16.7 Å². The first kappa shape index (κ1) is 18.4. The van der Waals surface area contributed by atoms with Gasteiger partial charge >= 0.3 is 0 Å². The average Bonchev–Trinajstić information content (AvgIpc) is 2.48. The van der Waals surface area contributed by atoms with Crippen LogP contribution in [0.15, 0.2) is 40.8 Å². The maximum atomic E-state index is 11.7. The zero-order chi connectivity index (χ0) is 14.2. The molecule has 0 saturated heterocycles. The predicted octanol–water partition coefficient (Wildman–Crippen LogP) is 3.28. The zero-order valence-corrected chi connectivity index (χ0v) is 14.1. The summed E-state index contributed by atoms with van der Waals surface area (Å²) in [4.78, 5) is 12.9. The quantitative estimate of drug-likeness (QED) is 0.613. The minimum absolute atomic E-state index is 0. The molecule has 1 aromatic carbocycles. The molecule has 0 unspecified atom stereocenters. The van der Waals surface area contributed by atoms with Gasteiger partial charge in [0, 0.05) is 35.2 Å². The van der Waals surface area contributed by atoms with Gasteiger partial charge in [-0.2, -0.15) is 0 Å². The van der Waals surface area contributed by atoms with Crippen molar-refractivity contribution in [3.8, 4) is 0 Å². The molecule has 2 N–H and O–H groups in total. The highest BCUT2D eigenvalue weighted by molar-refractivity contribution is 7.99. The van der Waals surface area contributed by atoms with Gasteiger partial charge in [0.15, 0.2) is 0 Å². The number of hydrogen-bond acceptors (Lipinski definition) is 3. The highest BCUT2D eigenvalue weighted by Gasteiger charge is 2.06. The van der Waals surface area contributed by atoms with Crippen molar-refractivity contribution in [2.24, 2.45) is 0 Å². The molecule has 6 heteroatoms. The van der Waals surface area contributed by atoms with Crippen LogP contribution in [0, 0.1) is 0 Å². The highest BCUT2D eigenvalue weighted by atomic mass is 35.5. The molecule has 0 atom stereocenters. The number of amides is 1. The van der Waals surface area contributed by atoms with E-state index in [4.69, 9.17) is 11.6 Å². The molecule has 2 rings (SSSR count). The van der Waals surface area contributed by atoms with E-state index in [0.29, 0.717) is 13.0 Å². The van der Waals surface area contributed by atoms with Gasteiger partial charge < -0.3 is 10.6 Å². The van der Waals surface area contributed by atoms with Crippen LogP contribution in [0.25, 0.3) is 0 Å². The van der Waals surface area contributed by atoms with Crippen LogP contribution in [0.4, 0.5) is 0 Å². The summed E-state index contributed by atoms with van der Waals surface area (Å²) in [6.07, 6.45) is 3.73. The Hall–Kier alpha value is -0.680. The minimum atomic E-state index is 0. The van der Waals surface area contributed by atoms with Crippen molar-refractivity contribution in [3.63, 3.8) is 0 Å². The van der Waals surface area contributed by atoms with Crippen LogP contribution in [0.5, 0.6) is 0 Å². The standard InChI is InChI=1S/C15H19ClN2OS.ClH/c16-13-1-3-14(4-2-13)20-10-7-15(19)18-11-12-5-8-17-9-6-12;/h1-5,17H,6-11H2,(H,18,19);1H. The van der Waals surface area contributed by atoms with Crippen molar-refractivity contribution >= 4 is 41.7 Å². The molecule has 1 aliphatic heterocycles. The molecule has 0 spiro atoms. The fourth-order valence-corrected chi connectivity index (χ4v) is 2.90. The van der Waals surface area contributed by atoms with Gasteiger partial charge in [-0.3, -0.25) is 4.79 Å². The zero-order valence-electron chi connectivity index (χ0n) is 11.7. The van der Waals surface area contributed by atoms with E-state index in [1.807, 2.05) is 24.3 Å². The van der Waals surface area contributed by atoms with Gasteiger partial charge in [0.05, 0.1) is 0 Å². The Balaban J connectivity index is 0.00000220. The molecule has 0 radical (unpaired) electrons. The summed E-state index contributed by atoms with van der Waals surface area (Å²) in [7, 11) is 0. The Morgan fingerprint density at radius 3 is 2.76 bits per heavy atom. The molecule has 1 amide bonds. The second kappa shape index (κ2) is 10.1. The lowest BCUT2D eigenvalue weighted by Crippen LogP contribution is -2.29. The topological polar surface area (TPSA) is 41.1 Å². The van der Waals surface area contributed by atoms with Crippen molar-refractivity contribution < 1.29 is 4.79 Å². The first-order chi connectivity index (χ1) is 9.74. The molecule has 116 valence electrons. The van der Waals surface area contributed by atoms with Crippen LogP contribution in [0.2, 0.25) is 5.02 Å². The average molecular weight is 347 g/mol. The summed E-state index contributed by atoms with van der Waals surface area (Å²) >= 11 is 7.50. The number of benzene rings is 1. The summed E-state index contributed by atoms with van der Waals surface area (Å²) in [5.41, 5.74) is 1.32. The third-order valence-corrected chi connectivity index (χ3v) is 4.35. The largest absolute Gasteiger partial charge is 0.352 e. The molecule has 0 saturated carbocycles. The number of carbonyl (C=O) groups excluding carboxylic acids is 1. The summed E-state index contributed by atoms with van der Waals surface area (Å²) in [6, 6.07) is 7.69. The Morgan fingerprint density at radius 2 is 2.10 bits per heavy atom. The number of hydrogen-bond donors (Lipinski definition) is 2. The predicted molar refractivity (Wildman–Crippen MR) is 92.6 cm³/mol. The Bertz CT molecular complexity index is 477. The smallest absolute Gasteiger partial charge is 0.221 e. The lowest BCUT2D eigenvalue weighted by Gasteiger charge is -2.14. The number of rotatable bonds is 6. The molecule has 0 fully saturated rings. The normalized spacial score (nSPS) is 14.0. The second-order valence-corrected chi connectivity index (χ2v) is 6.25. The molecule has 0 aliphatic carbocycles. The highest BCUT2D eigenvalue weighted by Crippen LogP contribution is 2.20. The fourth-order valence-electron chi connectivity index (χ4n) is 1.92. The van der Waals surface area contributed by atoms with E-state index in [-0.39, 0.29) is 18.3 Å². The minimum Gasteiger partial charge on any atom is -0.352 e. The van der Waals surface area contributed by atoms with Crippen molar-refractivity contribution in [2.45, 2.75) is 17.7 Å². The number of carbonyl (C=O) groups is 1. The summed E-state index contributed by atoms with van der Waals surface area (Å²) < 4.78 is 0. The Labute approximate surface area is 141 Å². The summed E-state index contributed by atoms with van der Waals surface area (Å²) in [5, 5.41) is 6.97. The molecule has 0 aromatic heterocycles. The molecule has 1 heterocycles. The molecule has 1 aliphatic rings. The van der Waals surface area contributed by atoms with Gasteiger partial charge in [-0.1, -0.05) is 23.3 Å². The van der Waals surface area contributed by atoms with Crippen LogP contribution >= 0.6 is 35.8 Å². The number of thioether (sulfide) groups is 1. The monoisotopic (exact) mass is 346 g/mol. The molecule has 21 heavy (non-hydrogen) atoms. The molecular weight excluding hydrogens is 327 g/mol. The maximum Gasteiger partial charge on any atom is 0.221 e. The number of halogens is 2. The molecular formula is C15H20Cl2N2OS. The van der Waals surface area contributed by atoms with E-state index in [0.717, 1.165) is 35.2 Å². The van der Waals surface area contributed by atoms with Gasteiger partial charge in [0.2, 0.25) is 5.91 Å². The van der Waals surface area contributed by atoms with Crippen molar-refractivity contribution in [3.05, 3.63) is 40.9 Å². The van der Waals surface area contributed by atoms with E-state index in [9.17, 15) is 4.79 Å². The lowest BCUT2D eigenvalue weighted by atomic mass is 10.1.